The van der Waals surface area contributed by atoms with E-state index in [9.17, 15) is 10.5 Å². The molecule has 0 fully saturated rings. The van der Waals surface area contributed by atoms with Gasteiger partial charge in [-0.15, -0.1) is 0 Å². The van der Waals surface area contributed by atoms with Crippen LogP contribution in [0.15, 0.2) is 133 Å². The molecule has 0 amide bonds. The number of fused-ring (bicyclic) bond motifs is 7. The Kier molecular flexibility index (Phi) is 9.04. The van der Waals surface area contributed by atoms with Crippen molar-refractivity contribution in [2.45, 2.75) is 52.9 Å². The maximum atomic E-state index is 10.1. The molecule has 1 aliphatic rings. The molecule has 0 saturated carbocycles. The van der Waals surface area contributed by atoms with Crippen LogP contribution in [0.3, 0.4) is 0 Å². The highest BCUT2D eigenvalue weighted by Crippen LogP contribution is 2.46. The Morgan fingerprint density at radius 3 is 1.56 bits per heavy atom. The minimum Gasteiger partial charge on any atom is -0.247 e. The maximum absolute atomic E-state index is 10.1. The molecular formula is C54H43N3. The van der Waals surface area contributed by atoms with Crippen LogP contribution in [0, 0.1) is 63.2 Å². The second-order valence-electron chi connectivity index (χ2n) is 16.1. The van der Waals surface area contributed by atoms with Crippen LogP contribution in [0.5, 0.6) is 0 Å². The van der Waals surface area contributed by atoms with E-state index in [1.165, 1.54) is 66.6 Å². The first-order chi connectivity index (χ1) is 27.7. The molecule has 1 aliphatic carbocycles. The van der Waals surface area contributed by atoms with E-state index in [1.807, 2.05) is 6.07 Å². The fourth-order valence-corrected chi connectivity index (χ4v) is 9.17. The molecule has 1 heterocycles. The molecule has 0 aliphatic heterocycles. The molecule has 7 aromatic carbocycles. The lowest BCUT2D eigenvalue weighted by molar-refractivity contribution is 0.565. The van der Waals surface area contributed by atoms with Crippen molar-refractivity contribution in [1.82, 2.24) is 4.98 Å². The van der Waals surface area contributed by atoms with Gasteiger partial charge >= 0.3 is 0 Å². The largest absolute Gasteiger partial charge is 0.247 e. The Hall–Kier alpha value is -6.81. The van der Waals surface area contributed by atoms with Gasteiger partial charge in [-0.2, -0.15) is 10.5 Å². The van der Waals surface area contributed by atoms with Crippen LogP contribution in [0.4, 0.5) is 0 Å². The van der Waals surface area contributed by atoms with Gasteiger partial charge in [0.05, 0.1) is 22.2 Å². The molecule has 57 heavy (non-hydrogen) atoms. The van der Waals surface area contributed by atoms with E-state index in [-0.39, 0.29) is 17.8 Å². The van der Waals surface area contributed by atoms with E-state index < -0.39 is 0 Å². The Labute approximate surface area is 335 Å². The average Bonchev–Trinajstić information content (AvgIpc) is 3.23. The third-order valence-corrected chi connectivity index (χ3v) is 12.2. The predicted molar refractivity (Wildman–Crippen MR) is 235 cm³/mol. The van der Waals surface area contributed by atoms with Gasteiger partial charge in [0.2, 0.25) is 0 Å². The highest BCUT2D eigenvalue weighted by molar-refractivity contribution is 6.15. The molecule has 1 aromatic heterocycles. The summed E-state index contributed by atoms with van der Waals surface area (Å²) in [6.07, 6.45) is 5.63. The first kappa shape index (κ1) is 35.9. The third-order valence-electron chi connectivity index (χ3n) is 12.2. The zero-order valence-electron chi connectivity index (χ0n) is 33.1. The summed E-state index contributed by atoms with van der Waals surface area (Å²) in [5, 5.41) is 24.4. The van der Waals surface area contributed by atoms with Crippen LogP contribution < -0.4 is 0 Å². The van der Waals surface area contributed by atoms with Gasteiger partial charge in [0, 0.05) is 28.0 Å². The monoisotopic (exact) mass is 733 g/mol. The quantitative estimate of drug-likeness (QED) is 0.0971. The molecule has 1 unspecified atom stereocenters. The van der Waals surface area contributed by atoms with Crippen LogP contribution in [0.2, 0.25) is 0 Å². The summed E-state index contributed by atoms with van der Waals surface area (Å²) in [6, 6.07) is 51.0. The van der Waals surface area contributed by atoms with Crippen molar-refractivity contribution in [3.05, 3.63) is 211 Å². The zero-order chi connectivity index (χ0) is 39.4. The van der Waals surface area contributed by atoms with Gasteiger partial charge in [0.25, 0.3) is 0 Å². The van der Waals surface area contributed by atoms with Crippen LogP contribution in [0.25, 0.3) is 38.7 Å². The Morgan fingerprint density at radius 1 is 0.544 bits per heavy atom. The topological polar surface area (TPSA) is 60.5 Å². The number of hydrogen-bond acceptors (Lipinski definition) is 3. The normalized spacial score (nSPS) is 13.7. The van der Waals surface area contributed by atoms with Gasteiger partial charge in [-0.25, -0.2) is 4.98 Å². The summed E-state index contributed by atoms with van der Waals surface area (Å²) in [5.74, 6) is 0.378. The smallest absolute Gasteiger partial charge is 0.101 e. The standard InChI is InChI=1S/C54H43N3/c1-32-6-14-37(15-7-32)52(38-16-8-33(2)9-17-38)41-22-24-45-46-25-23-42(53(39-18-10-34(3)11-19-39)40-20-12-35(4)13-21-40)27-49(46)54-51(48(45)26-41)36(5)47-28-43(30-55)44(31-56)29-50(47)57-54/h6-25,27-29,41,52-53H,26H2,1-5H3. The number of allylic oxidation sites excluding steroid dienone is 1. The number of pyridine rings is 1. The molecule has 0 N–H and O–H groups in total. The van der Waals surface area contributed by atoms with Crippen LogP contribution in [-0.2, 0) is 6.42 Å². The molecule has 1 atom stereocenters. The molecule has 3 nitrogen and oxygen atoms in total. The van der Waals surface area contributed by atoms with Gasteiger partial charge in [-0.05, 0) is 115 Å². The summed E-state index contributed by atoms with van der Waals surface area (Å²) < 4.78 is 0. The first-order valence-electron chi connectivity index (χ1n) is 19.8. The van der Waals surface area contributed by atoms with E-state index >= 15 is 0 Å². The van der Waals surface area contributed by atoms with Gasteiger partial charge in [0.1, 0.15) is 12.1 Å². The minimum atomic E-state index is 0.0244. The number of aryl methyl sites for hydroxylation is 5. The maximum Gasteiger partial charge on any atom is 0.101 e. The van der Waals surface area contributed by atoms with Crippen molar-refractivity contribution < 1.29 is 0 Å². The van der Waals surface area contributed by atoms with Crippen LogP contribution in [-0.4, -0.2) is 4.98 Å². The lowest BCUT2D eigenvalue weighted by Crippen LogP contribution is -2.19. The summed E-state index contributed by atoms with van der Waals surface area (Å²) >= 11 is 0. The number of aromatic nitrogens is 1. The number of nitrogens with zero attached hydrogens (tertiary/aromatic N) is 3. The zero-order valence-corrected chi connectivity index (χ0v) is 33.1. The van der Waals surface area contributed by atoms with Gasteiger partial charge in [0.15, 0.2) is 0 Å². The average molecular weight is 734 g/mol. The Bertz CT molecular complexity index is 2880. The van der Waals surface area contributed by atoms with Crippen molar-refractivity contribution in [3.63, 3.8) is 0 Å². The van der Waals surface area contributed by atoms with E-state index in [4.69, 9.17) is 4.98 Å². The highest BCUT2D eigenvalue weighted by atomic mass is 14.7. The van der Waals surface area contributed by atoms with E-state index in [2.05, 4.69) is 174 Å². The van der Waals surface area contributed by atoms with Crippen molar-refractivity contribution in [2.24, 2.45) is 5.92 Å². The minimum absolute atomic E-state index is 0.0244. The molecular weight excluding hydrogens is 691 g/mol. The van der Waals surface area contributed by atoms with E-state index in [1.54, 1.807) is 6.07 Å². The summed E-state index contributed by atoms with van der Waals surface area (Å²) in [4.78, 5) is 5.45. The SMILES string of the molecule is Cc1ccc(C(c2ccc(C)cc2)c2ccc3c4c(c5c(C)c6cc(C#N)c(C#N)cc6nc5c3c2)CC(C(c2ccc(C)cc2)c2ccc(C)cc2)C=C4)cc1. The Morgan fingerprint density at radius 2 is 1.04 bits per heavy atom. The molecule has 0 radical (unpaired) electrons. The summed E-state index contributed by atoms with van der Waals surface area (Å²) in [6.45, 7) is 10.7. The number of benzene rings is 7. The van der Waals surface area contributed by atoms with Gasteiger partial charge < -0.3 is 0 Å². The van der Waals surface area contributed by atoms with Gasteiger partial charge in [-0.3, -0.25) is 0 Å². The molecule has 9 rings (SSSR count). The number of nitriles is 2. The lowest BCUT2D eigenvalue weighted by Gasteiger charge is -2.31. The third kappa shape index (κ3) is 6.36. The van der Waals surface area contributed by atoms with E-state index in [0.29, 0.717) is 11.1 Å². The van der Waals surface area contributed by atoms with Crippen LogP contribution >= 0.6 is 0 Å². The second kappa shape index (κ2) is 14.4. The summed E-state index contributed by atoms with van der Waals surface area (Å²) in [5.41, 5.74) is 17.2. The van der Waals surface area contributed by atoms with Crippen molar-refractivity contribution in [3.8, 4) is 12.1 Å². The molecule has 0 bridgehead atoms. The number of rotatable bonds is 6. The molecule has 0 spiro atoms. The Balaban J connectivity index is 1.31. The predicted octanol–water partition coefficient (Wildman–Crippen LogP) is 13.0. The fourth-order valence-electron chi connectivity index (χ4n) is 9.17. The molecule has 3 heteroatoms. The highest BCUT2D eigenvalue weighted by Gasteiger charge is 2.30. The number of hydrogen-bond donors (Lipinski definition) is 0. The summed E-state index contributed by atoms with van der Waals surface area (Å²) in [7, 11) is 0. The fraction of sp³-hybridized carbons (Fsp3) is 0.167. The molecule has 274 valence electrons. The molecule has 0 saturated heterocycles. The second-order valence-corrected chi connectivity index (χ2v) is 16.1. The first-order valence-corrected chi connectivity index (χ1v) is 19.8. The van der Waals surface area contributed by atoms with Crippen molar-refractivity contribution in [2.75, 3.05) is 0 Å². The van der Waals surface area contributed by atoms with Crippen molar-refractivity contribution in [1.29, 1.82) is 10.5 Å². The van der Waals surface area contributed by atoms with Gasteiger partial charge in [-0.1, -0.05) is 144 Å². The van der Waals surface area contributed by atoms with Crippen LogP contribution in [0.1, 0.15) is 89.7 Å². The van der Waals surface area contributed by atoms with Crippen molar-refractivity contribution >= 4 is 38.7 Å². The van der Waals surface area contributed by atoms with E-state index in [0.717, 1.165) is 39.2 Å². The molecule has 8 aromatic rings. The lowest BCUT2D eigenvalue weighted by atomic mass is 9.73.